The molecule has 14 heteroatoms. The number of carbonyl (C=O) groups is 5. The number of ether oxygens (including phenoxy) is 3. The maximum Gasteiger partial charge on any atom is 0.408 e. The fraction of sp³-hybridized carbons (Fsp3) is 0.375. The van der Waals surface area contributed by atoms with Gasteiger partial charge in [0, 0.05) is 25.2 Å². The zero-order valence-corrected chi connectivity index (χ0v) is 31.7. The Balaban J connectivity index is 0.000000197. The van der Waals surface area contributed by atoms with E-state index in [1.54, 1.807) is 18.5 Å². The number of ketones is 2. The molecule has 1 aromatic carbocycles. The quantitative estimate of drug-likeness (QED) is 0.0627. The van der Waals surface area contributed by atoms with Gasteiger partial charge >= 0.3 is 18.0 Å². The van der Waals surface area contributed by atoms with Crippen LogP contribution < -0.4 is 11.1 Å². The zero-order valence-electron chi connectivity index (χ0n) is 30.1. The molecule has 4 aromatic heterocycles. The minimum Gasteiger partial charge on any atom is -0.461 e. The summed E-state index contributed by atoms with van der Waals surface area (Å²) in [6.07, 6.45) is 6.95. The predicted molar refractivity (Wildman–Crippen MR) is 206 cm³/mol. The van der Waals surface area contributed by atoms with E-state index in [-0.39, 0.29) is 49.6 Å². The van der Waals surface area contributed by atoms with Gasteiger partial charge in [0.1, 0.15) is 30.9 Å². The van der Waals surface area contributed by atoms with Crippen LogP contribution in [0.15, 0.2) is 67.0 Å². The van der Waals surface area contributed by atoms with Crippen molar-refractivity contribution < 1.29 is 38.2 Å². The summed E-state index contributed by atoms with van der Waals surface area (Å²) in [5.41, 5.74) is 10.4. The summed E-state index contributed by atoms with van der Waals surface area (Å²) in [7, 11) is 0. The SMILES string of the molecule is Cc1ccnc2cc(C(=O)CC[C@@H](N)C(=O)OC3CC3)sc12.Cc1ccnc2cc(C(=O)CC[C@@H](NC(=O)OCc3ccccc3)C(=O)OC3CC3)sc12. The van der Waals surface area contributed by atoms with Crippen LogP contribution in [0.1, 0.15) is 87.4 Å². The van der Waals surface area contributed by atoms with Crippen molar-refractivity contribution in [1.29, 1.82) is 0 Å². The molecule has 5 aromatic rings. The molecule has 3 N–H and O–H groups in total. The summed E-state index contributed by atoms with van der Waals surface area (Å²) < 4.78 is 17.7. The van der Waals surface area contributed by atoms with Crippen molar-refractivity contribution in [3.63, 3.8) is 0 Å². The van der Waals surface area contributed by atoms with Crippen molar-refractivity contribution in [2.24, 2.45) is 5.73 Å². The largest absolute Gasteiger partial charge is 0.461 e. The summed E-state index contributed by atoms with van der Waals surface area (Å²) in [5, 5.41) is 2.57. The lowest BCUT2D eigenvalue weighted by Crippen LogP contribution is -2.42. The summed E-state index contributed by atoms with van der Waals surface area (Å²) >= 11 is 2.84. The van der Waals surface area contributed by atoms with Crippen LogP contribution in [0.3, 0.4) is 0 Å². The second kappa shape index (κ2) is 17.9. The number of aromatic nitrogens is 2. The van der Waals surface area contributed by atoms with Crippen LogP contribution in [-0.2, 0) is 30.4 Å². The number of hydrogen-bond acceptors (Lipinski definition) is 13. The lowest BCUT2D eigenvalue weighted by atomic mass is 10.1. The molecule has 7 rings (SSSR count). The summed E-state index contributed by atoms with van der Waals surface area (Å²) in [6.45, 7) is 4.06. The Bertz CT molecular complexity index is 2140. The molecule has 2 fully saturated rings. The number of fused-ring (bicyclic) bond motifs is 2. The van der Waals surface area contributed by atoms with Crippen LogP contribution in [0, 0.1) is 13.8 Å². The maximum atomic E-state index is 12.8. The molecule has 0 radical (unpaired) electrons. The summed E-state index contributed by atoms with van der Waals surface area (Å²) in [5.74, 6) is -1.04. The van der Waals surface area contributed by atoms with Crippen molar-refractivity contribution >= 4 is 72.7 Å². The first kappa shape index (κ1) is 38.7. The van der Waals surface area contributed by atoms with Gasteiger partial charge in [-0.1, -0.05) is 30.3 Å². The number of amides is 1. The molecule has 0 unspecified atom stereocenters. The number of nitrogens with zero attached hydrogens (tertiary/aromatic N) is 2. The van der Waals surface area contributed by atoms with Crippen LogP contribution in [0.2, 0.25) is 0 Å². The number of nitrogens with two attached hydrogens (primary N) is 1. The average molecular weight is 771 g/mol. The van der Waals surface area contributed by atoms with Crippen molar-refractivity contribution in [2.75, 3.05) is 0 Å². The smallest absolute Gasteiger partial charge is 0.408 e. The summed E-state index contributed by atoms with van der Waals surface area (Å²) in [6, 6.07) is 15.0. The van der Waals surface area contributed by atoms with Gasteiger partial charge in [-0.25, -0.2) is 9.59 Å². The highest BCUT2D eigenvalue weighted by Gasteiger charge is 2.32. The molecular formula is C40H42N4O8S2. The lowest BCUT2D eigenvalue weighted by Gasteiger charge is -2.17. The number of benzene rings is 1. The molecule has 0 spiro atoms. The number of aryl methyl sites for hydroxylation is 2. The maximum absolute atomic E-state index is 12.8. The Morgan fingerprint density at radius 3 is 1.80 bits per heavy atom. The van der Waals surface area contributed by atoms with E-state index in [1.165, 1.54) is 22.7 Å². The van der Waals surface area contributed by atoms with Gasteiger partial charge in [0.2, 0.25) is 0 Å². The molecule has 1 amide bonds. The Morgan fingerprint density at radius 1 is 0.759 bits per heavy atom. The van der Waals surface area contributed by atoms with Crippen LogP contribution in [0.4, 0.5) is 4.79 Å². The number of pyridine rings is 2. The normalized spacial score (nSPS) is 14.7. The first-order valence-corrected chi connectivity index (χ1v) is 19.6. The van der Waals surface area contributed by atoms with E-state index in [1.807, 2.05) is 62.4 Å². The van der Waals surface area contributed by atoms with Crippen molar-refractivity contribution in [3.05, 3.63) is 93.4 Å². The van der Waals surface area contributed by atoms with E-state index in [0.717, 1.165) is 62.8 Å². The average Bonchev–Trinajstić information content (AvgIpc) is 4.08. The number of thiophene rings is 2. The van der Waals surface area contributed by atoms with Gasteiger partial charge in [-0.3, -0.25) is 24.4 Å². The van der Waals surface area contributed by atoms with Crippen molar-refractivity contribution in [2.45, 2.75) is 96.1 Å². The molecule has 2 aliphatic carbocycles. The van der Waals surface area contributed by atoms with Gasteiger partial charge in [-0.15, -0.1) is 22.7 Å². The van der Waals surface area contributed by atoms with Gasteiger partial charge in [-0.2, -0.15) is 0 Å². The number of carbonyl (C=O) groups excluding carboxylic acids is 5. The highest BCUT2D eigenvalue weighted by molar-refractivity contribution is 7.21. The molecule has 0 bridgehead atoms. The molecule has 2 saturated carbocycles. The number of esters is 2. The molecule has 0 saturated heterocycles. The molecule has 54 heavy (non-hydrogen) atoms. The predicted octanol–water partition coefficient (Wildman–Crippen LogP) is 7.17. The Morgan fingerprint density at radius 2 is 1.28 bits per heavy atom. The highest BCUT2D eigenvalue weighted by Crippen LogP contribution is 2.30. The van der Waals surface area contributed by atoms with E-state index < -0.39 is 30.1 Å². The minimum absolute atomic E-state index is 0.00271. The number of Topliss-reactive ketones (excluding diaryl/α,β-unsaturated/α-hetero) is 2. The highest BCUT2D eigenvalue weighted by atomic mass is 32.1. The fourth-order valence-electron chi connectivity index (χ4n) is 5.36. The molecule has 2 aliphatic rings. The molecule has 0 aliphatic heterocycles. The van der Waals surface area contributed by atoms with Crippen LogP contribution in [0.25, 0.3) is 20.4 Å². The lowest BCUT2D eigenvalue weighted by molar-refractivity contribution is -0.148. The van der Waals surface area contributed by atoms with Gasteiger partial charge in [0.05, 0.1) is 30.2 Å². The molecule has 2 atom stereocenters. The second-order valence-corrected chi connectivity index (χ2v) is 15.6. The third-order valence-corrected chi connectivity index (χ3v) is 11.4. The van der Waals surface area contributed by atoms with Gasteiger partial charge < -0.3 is 25.3 Å². The van der Waals surface area contributed by atoms with Crippen molar-refractivity contribution in [3.8, 4) is 0 Å². The second-order valence-electron chi connectivity index (χ2n) is 13.5. The van der Waals surface area contributed by atoms with Crippen LogP contribution in [0.5, 0.6) is 0 Å². The number of alkyl carbamates (subject to hydrolysis) is 1. The number of nitrogens with one attached hydrogen (secondary N) is 1. The van der Waals surface area contributed by atoms with Crippen LogP contribution in [-0.4, -0.2) is 63.9 Å². The minimum atomic E-state index is -0.947. The van der Waals surface area contributed by atoms with Gasteiger partial charge in [0.15, 0.2) is 11.6 Å². The van der Waals surface area contributed by atoms with Gasteiger partial charge in [-0.05, 0) is 93.3 Å². The topological polar surface area (TPSA) is 177 Å². The molecular weight excluding hydrogens is 729 g/mol. The summed E-state index contributed by atoms with van der Waals surface area (Å²) in [4.78, 5) is 71.3. The Hall–Kier alpha value is -5.05. The van der Waals surface area contributed by atoms with Gasteiger partial charge in [0.25, 0.3) is 0 Å². The number of hydrogen-bond donors (Lipinski definition) is 2. The van der Waals surface area contributed by atoms with Crippen molar-refractivity contribution in [1.82, 2.24) is 15.3 Å². The number of rotatable bonds is 15. The van der Waals surface area contributed by atoms with E-state index in [9.17, 15) is 24.0 Å². The third kappa shape index (κ3) is 10.8. The fourth-order valence-corrected chi connectivity index (χ4v) is 7.46. The first-order valence-electron chi connectivity index (χ1n) is 17.9. The standard InChI is InChI=1S/C24H24N2O5S.C16H18N2O3S/c1-15-11-12-25-19-13-21(32-22(15)19)20(27)10-9-18(23(28)31-17-7-8-17)26-24(29)30-14-16-5-3-2-4-6-16;1-9-6-7-18-12-8-14(22-15(9)12)13(19)5-4-11(17)16(20)21-10-2-3-10/h2-6,11-13,17-18H,7-10,14H2,1H3,(H,26,29);6-8,10-11H,2-5,17H2,1H3/t18-;11-/m11/s1. The zero-order chi connectivity index (χ0) is 38.2. The third-order valence-electron chi connectivity index (χ3n) is 8.82. The van der Waals surface area contributed by atoms with E-state index in [2.05, 4.69) is 15.3 Å². The van der Waals surface area contributed by atoms with E-state index >= 15 is 0 Å². The first-order chi connectivity index (χ1) is 26.0. The molecule has 4 heterocycles. The van der Waals surface area contributed by atoms with E-state index in [0.29, 0.717) is 16.2 Å². The molecule has 282 valence electrons. The van der Waals surface area contributed by atoms with E-state index in [4.69, 9.17) is 19.9 Å². The Labute approximate surface area is 320 Å². The Kier molecular flexibility index (Phi) is 12.8. The van der Waals surface area contributed by atoms with Crippen LogP contribution >= 0.6 is 22.7 Å². The molecule has 12 nitrogen and oxygen atoms in total. The monoisotopic (exact) mass is 770 g/mol.